The number of aryl methyl sites for hydroxylation is 3. The number of rotatable bonds is 5. The van der Waals surface area contributed by atoms with Gasteiger partial charge in [0.1, 0.15) is 11.8 Å². The van der Waals surface area contributed by atoms with E-state index in [1.807, 2.05) is 6.92 Å². The first-order valence-electron chi connectivity index (χ1n) is 8.70. The Morgan fingerprint density at radius 3 is 2.76 bits per heavy atom. The molecule has 4 rings (SSSR count). The number of amides is 1. The van der Waals surface area contributed by atoms with E-state index in [1.165, 1.54) is 21.9 Å². The minimum Gasteiger partial charge on any atom is -0.373 e. The molecule has 3 aromatic rings. The molecule has 1 atom stereocenters. The van der Waals surface area contributed by atoms with Gasteiger partial charge in [-0.05, 0) is 48.8 Å². The van der Waals surface area contributed by atoms with E-state index in [0.717, 1.165) is 18.5 Å². The number of benzene rings is 2. The predicted octanol–water partition coefficient (Wildman–Crippen LogP) is 4.06. The highest BCUT2D eigenvalue weighted by Crippen LogP contribution is 2.35. The monoisotopic (exact) mass is 335 g/mol. The summed E-state index contributed by atoms with van der Waals surface area (Å²) in [4.78, 5) is 12.6. The molecule has 1 heterocycles. The summed E-state index contributed by atoms with van der Waals surface area (Å²) < 4.78 is 5.00. The van der Waals surface area contributed by atoms with Gasteiger partial charge in [0.2, 0.25) is 5.91 Å². The van der Waals surface area contributed by atoms with Crippen LogP contribution in [0.15, 0.2) is 40.9 Å². The van der Waals surface area contributed by atoms with Crippen molar-refractivity contribution in [2.75, 3.05) is 10.6 Å². The molecule has 1 aliphatic carbocycles. The lowest BCUT2D eigenvalue weighted by atomic mass is 10.0. The molecule has 5 heteroatoms. The summed E-state index contributed by atoms with van der Waals surface area (Å²) in [6.07, 6.45) is 2.87. The van der Waals surface area contributed by atoms with E-state index in [4.69, 9.17) is 4.52 Å². The third-order valence-electron chi connectivity index (χ3n) is 4.81. The molecule has 0 fully saturated rings. The number of anilines is 2. The fourth-order valence-corrected chi connectivity index (χ4v) is 3.55. The van der Waals surface area contributed by atoms with Crippen LogP contribution in [-0.2, 0) is 17.6 Å². The first-order valence-corrected chi connectivity index (χ1v) is 8.70. The van der Waals surface area contributed by atoms with Crippen LogP contribution in [-0.4, -0.2) is 17.1 Å². The standard InChI is InChI=1S/C20H21N3O2/c1-3-16(20(24)22-18-11-12(2)25-23-18)21-17-10-9-14-8-7-13-5-4-6-15(17)19(13)14/h4-6,9-11,16,21H,3,7-8H2,1-2H3,(H,22,23,24)/t16-/m1/s1. The molecule has 128 valence electrons. The third-order valence-corrected chi connectivity index (χ3v) is 4.81. The van der Waals surface area contributed by atoms with Crippen molar-refractivity contribution in [3.05, 3.63) is 53.3 Å². The summed E-state index contributed by atoms with van der Waals surface area (Å²) in [6.45, 7) is 3.79. The zero-order valence-electron chi connectivity index (χ0n) is 14.4. The summed E-state index contributed by atoms with van der Waals surface area (Å²) in [5.74, 6) is 1.01. The van der Waals surface area contributed by atoms with Crippen molar-refractivity contribution in [3.63, 3.8) is 0 Å². The average molecular weight is 335 g/mol. The van der Waals surface area contributed by atoms with Gasteiger partial charge in [0.15, 0.2) is 5.82 Å². The third kappa shape index (κ3) is 2.86. The largest absolute Gasteiger partial charge is 0.373 e. The number of hydrogen-bond donors (Lipinski definition) is 2. The predicted molar refractivity (Wildman–Crippen MR) is 98.9 cm³/mol. The van der Waals surface area contributed by atoms with Gasteiger partial charge in [-0.25, -0.2) is 0 Å². The number of nitrogens with zero attached hydrogens (tertiary/aromatic N) is 1. The molecule has 0 bridgehead atoms. The van der Waals surface area contributed by atoms with E-state index in [0.29, 0.717) is 18.0 Å². The Bertz CT molecular complexity index is 935. The molecular formula is C20H21N3O2. The van der Waals surface area contributed by atoms with Crippen LogP contribution in [0.2, 0.25) is 0 Å². The molecular weight excluding hydrogens is 314 g/mol. The summed E-state index contributed by atoms with van der Waals surface area (Å²) in [7, 11) is 0. The van der Waals surface area contributed by atoms with E-state index in [2.05, 4.69) is 46.1 Å². The molecule has 0 spiro atoms. The van der Waals surface area contributed by atoms with Crippen molar-refractivity contribution >= 4 is 28.2 Å². The summed E-state index contributed by atoms with van der Waals surface area (Å²) in [6, 6.07) is 12.0. The van der Waals surface area contributed by atoms with Crippen molar-refractivity contribution in [1.82, 2.24) is 5.16 Å². The molecule has 2 N–H and O–H groups in total. The van der Waals surface area contributed by atoms with Crippen molar-refractivity contribution < 1.29 is 9.32 Å². The lowest BCUT2D eigenvalue weighted by molar-refractivity contribution is -0.117. The van der Waals surface area contributed by atoms with Crippen molar-refractivity contribution in [1.29, 1.82) is 0 Å². The molecule has 25 heavy (non-hydrogen) atoms. The van der Waals surface area contributed by atoms with Crippen LogP contribution >= 0.6 is 0 Å². The minimum absolute atomic E-state index is 0.112. The van der Waals surface area contributed by atoms with Crippen LogP contribution in [0.4, 0.5) is 11.5 Å². The van der Waals surface area contributed by atoms with Crippen LogP contribution in [0.3, 0.4) is 0 Å². The Morgan fingerprint density at radius 1 is 1.24 bits per heavy atom. The lowest BCUT2D eigenvalue weighted by Crippen LogP contribution is -2.34. The second-order valence-electron chi connectivity index (χ2n) is 6.53. The molecule has 0 saturated carbocycles. The first kappa shape index (κ1) is 15.7. The number of nitrogens with one attached hydrogen (secondary N) is 2. The van der Waals surface area contributed by atoms with E-state index in [9.17, 15) is 4.79 Å². The highest BCUT2D eigenvalue weighted by atomic mass is 16.5. The van der Waals surface area contributed by atoms with E-state index < -0.39 is 0 Å². The minimum atomic E-state index is -0.338. The Balaban J connectivity index is 1.60. The van der Waals surface area contributed by atoms with Crippen LogP contribution in [0.1, 0.15) is 30.2 Å². The van der Waals surface area contributed by atoms with Crippen molar-refractivity contribution in [3.8, 4) is 0 Å². The van der Waals surface area contributed by atoms with Crippen LogP contribution in [0.5, 0.6) is 0 Å². The molecule has 0 saturated heterocycles. The molecule has 1 aromatic heterocycles. The Hall–Kier alpha value is -2.82. The molecule has 2 aromatic carbocycles. The van der Waals surface area contributed by atoms with Gasteiger partial charge < -0.3 is 15.2 Å². The van der Waals surface area contributed by atoms with Crippen molar-refractivity contribution in [2.24, 2.45) is 0 Å². The lowest BCUT2D eigenvalue weighted by Gasteiger charge is -2.19. The van der Waals surface area contributed by atoms with Crippen LogP contribution in [0.25, 0.3) is 10.8 Å². The molecule has 0 aliphatic heterocycles. The molecule has 0 radical (unpaired) electrons. The smallest absolute Gasteiger partial charge is 0.248 e. The molecule has 5 nitrogen and oxygen atoms in total. The fourth-order valence-electron chi connectivity index (χ4n) is 3.55. The number of aromatic nitrogens is 1. The summed E-state index contributed by atoms with van der Waals surface area (Å²) >= 11 is 0. The Morgan fingerprint density at radius 2 is 2.04 bits per heavy atom. The van der Waals surface area contributed by atoms with Crippen LogP contribution < -0.4 is 10.6 Å². The number of hydrogen-bond acceptors (Lipinski definition) is 4. The van der Waals surface area contributed by atoms with Crippen LogP contribution in [0, 0.1) is 6.92 Å². The van der Waals surface area contributed by atoms with Gasteiger partial charge in [0, 0.05) is 17.1 Å². The van der Waals surface area contributed by atoms with E-state index in [1.54, 1.807) is 13.0 Å². The van der Waals surface area contributed by atoms with Gasteiger partial charge in [0.25, 0.3) is 0 Å². The quantitative estimate of drug-likeness (QED) is 0.738. The maximum absolute atomic E-state index is 12.6. The van der Waals surface area contributed by atoms with Gasteiger partial charge in [0.05, 0.1) is 0 Å². The molecule has 1 aliphatic rings. The number of carbonyl (C=O) groups is 1. The maximum Gasteiger partial charge on any atom is 0.248 e. The van der Waals surface area contributed by atoms with Gasteiger partial charge in [-0.3, -0.25) is 4.79 Å². The maximum atomic E-state index is 12.6. The zero-order valence-corrected chi connectivity index (χ0v) is 14.4. The van der Waals surface area contributed by atoms with Gasteiger partial charge in [-0.15, -0.1) is 0 Å². The second-order valence-corrected chi connectivity index (χ2v) is 6.53. The van der Waals surface area contributed by atoms with E-state index >= 15 is 0 Å². The van der Waals surface area contributed by atoms with Gasteiger partial charge >= 0.3 is 0 Å². The van der Waals surface area contributed by atoms with E-state index in [-0.39, 0.29) is 11.9 Å². The Labute approximate surface area is 146 Å². The highest BCUT2D eigenvalue weighted by Gasteiger charge is 2.21. The Kier molecular flexibility index (Phi) is 3.92. The average Bonchev–Trinajstić information content (AvgIpc) is 3.22. The normalized spacial score (nSPS) is 13.8. The molecule has 0 unspecified atom stereocenters. The second kappa shape index (κ2) is 6.24. The van der Waals surface area contributed by atoms with Gasteiger partial charge in [-0.2, -0.15) is 0 Å². The fraction of sp³-hybridized carbons (Fsp3) is 0.300. The zero-order chi connectivity index (χ0) is 17.4. The number of carbonyl (C=O) groups excluding carboxylic acids is 1. The SMILES string of the molecule is CC[C@@H](Nc1ccc2c3c(cccc13)CC2)C(=O)Nc1cc(C)on1. The van der Waals surface area contributed by atoms with Gasteiger partial charge in [-0.1, -0.05) is 36.3 Å². The van der Waals surface area contributed by atoms with Crippen molar-refractivity contribution in [2.45, 2.75) is 39.2 Å². The molecule has 1 amide bonds. The highest BCUT2D eigenvalue weighted by molar-refractivity contribution is 6.02. The summed E-state index contributed by atoms with van der Waals surface area (Å²) in [5, 5.41) is 12.6. The summed E-state index contributed by atoms with van der Waals surface area (Å²) in [5.41, 5.74) is 3.79. The first-order chi connectivity index (χ1) is 12.2. The topological polar surface area (TPSA) is 67.2 Å².